The molecule has 10 aromatic rings. The SMILES string of the molecule is CCCCC(CC)C[Si]1(CC(CC)CCCC)c2cc(-c3cc(F)c(-c4ccc(-c5cccs5)s4)c4nsnc34)sc2-c2sc(-c3cc(F)c(-c4ccc(-c5cccs5)s4)c4nsnc34)cc21. The van der Waals surface area contributed by atoms with Gasteiger partial charge < -0.3 is 0 Å². The van der Waals surface area contributed by atoms with Crippen LogP contribution in [0, 0.1) is 23.5 Å². The van der Waals surface area contributed by atoms with Crippen molar-refractivity contribution in [2.45, 2.75) is 91.1 Å². The van der Waals surface area contributed by atoms with Gasteiger partial charge in [0.1, 0.15) is 41.8 Å². The lowest BCUT2D eigenvalue weighted by Crippen LogP contribution is -2.56. The van der Waals surface area contributed by atoms with Crippen molar-refractivity contribution in [3.8, 4) is 71.0 Å². The summed E-state index contributed by atoms with van der Waals surface area (Å²) in [5.74, 6) is 0.651. The van der Waals surface area contributed by atoms with Gasteiger partial charge in [0, 0.05) is 59.9 Å². The van der Waals surface area contributed by atoms with E-state index in [0.717, 1.165) is 87.7 Å². The maximum atomic E-state index is 16.9. The van der Waals surface area contributed by atoms with Crippen molar-refractivity contribution in [3.05, 3.63) is 95.2 Å². The Labute approximate surface area is 423 Å². The molecule has 2 atom stereocenters. The van der Waals surface area contributed by atoms with Gasteiger partial charge in [0.05, 0.1) is 34.6 Å². The first-order chi connectivity index (χ1) is 32.8. The Morgan fingerprint density at radius 2 is 0.925 bits per heavy atom. The van der Waals surface area contributed by atoms with Gasteiger partial charge >= 0.3 is 0 Å². The quantitative estimate of drug-likeness (QED) is 0.0804. The van der Waals surface area contributed by atoms with Crippen molar-refractivity contribution >= 4 is 132 Å². The van der Waals surface area contributed by atoms with Gasteiger partial charge in [-0.15, -0.1) is 68.0 Å². The molecule has 9 heterocycles. The minimum Gasteiger partial charge on any atom is -0.206 e. The first-order valence-corrected chi connectivity index (χ1v) is 32.2. The van der Waals surface area contributed by atoms with Crippen molar-refractivity contribution in [1.82, 2.24) is 17.5 Å². The fourth-order valence-corrected chi connectivity index (χ4v) is 25.7. The Bertz CT molecular complexity index is 3110. The molecular weight excluding hydrogens is 1000 g/mol. The monoisotopic (exact) mass is 1050 g/mol. The summed E-state index contributed by atoms with van der Waals surface area (Å²) < 4.78 is 53.1. The summed E-state index contributed by atoms with van der Waals surface area (Å²) in [6.45, 7) is 9.37. The van der Waals surface area contributed by atoms with Crippen LogP contribution in [-0.2, 0) is 0 Å². The molecular formula is C52H48F2N4S8Si. The Morgan fingerprint density at radius 3 is 1.33 bits per heavy atom. The number of rotatable bonds is 18. The second kappa shape index (κ2) is 19.3. The standard InChI is InChI=1S/C52H48F2N4S8Si/c1-5-9-13-29(7-3)27-67(28-30(8-4)14-10-6-2)43-25-41(31-23-33(53)45(49-47(31)55-65-57-49)39-19-17-37(61-39)35-15-11-21-59-35)63-51(43)52-44(67)26-42(64-52)32-24-34(54)46(50-48(32)56-66-58-50)40-20-18-38(62-40)36-16-12-22-60-36/h11-12,15-26,29-30H,5-10,13-14,27-28H2,1-4H3. The van der Waals surface area contributed by atoms with E-state index in [-0.39, 0.29) is 11.6 Å². The van der Waals surface area contributed by atoms with Crippen LogP contribution in [0.4, 0.5) is 8.78 Å². The van der Waals surface area contributed by atoms with E-state index in [1.54, 1.807) is 80.2 Å². The van der Waals surface area contributed by atoms with E-state index >= 15 is 8.78 Å². The summed E-state index contributed by atoms with van der Waals surface area (Å²) in [6.07, 6.45) is 9.52. The van der Waals surface area contributed by atoms with Gasteiger partial charge in [-0.3, -0.25) is 0 Å². The summed E-state index contributed by atoms with van der Waals surface area (Å²) >= 11 is 12.5. The van der Waals surface area contributed by atoms with Crippen LogP contribution in [-0.4, -0.2) is 25.6 Å². The Hall–Kier alpha value is -3.64. The molecule has 0 saturated heterocycles. The number of fused-ring (bicyclic) bond motifs is 5. The highest BCUT2D eigenvalue weighted by Gasteiger charge is 2.50. The number of unbranched alkanes of at least 4 members (excludes halogenated alkanes) is 2. The van der Waals surface area contributed by atoms with Gasteiger partial charge in [0.25, 0.3) is 0 Å². The largest absolute Gasteiger partial charge is 0.206 e. The van der Waals surface area contributed by atoms with Gasteiger partial charge in [-0.25, -0.2) is 8.78 Å². The Balaban J connectivity index is 1.07. The van der Waals surface area contributed by atoms with E-state index in [9.17, 15) is 0 Å². The van der Waals surface area contributed by atoms with Gasteiger partial charge in [-0.1, -0.05) is 91.2 Å². The molecule has 2 aromatic carbocycles. The first kappa shape index (κ1) is 45.8. The summed E-state index contributed by atoms with van der Waals surface area (Å²) in [7, 11) is -2.50. The van der Waals surface area contributed by atoms with Crippen LogP contribution < -0.4 is 10.4 Å². The van der Waals surface area contributed by atoms with Crippen molar-refractivity contribution in [3.63, 3.8) is 0 Å². The predicted octanol–water partition coefficient (Wildman–Crippen LogP) is 18.3. The smallest absolute Gasteiger partial charge is 0.134 e. The summed E-state index contributed by atoms with van der Waals surface area (Å²) in [5.41, 5.74) is 5.48. The molecule has 0 bridgehead atoms. The Kier molecular flexibility index (Phi) is 13.2. The molecule has 1 aliphatic heterocycles. The summed E-state index contributed by atoms with van der Waals surface area (Å²) in [5, 5.41) is 7.16. The van der Waals surface area contributed by atoms with Crippen molar-refractivity contribution in [1.29, 1.82) is 0 Å². The summed E-state index contributed by atoms with van der Waals surface area (Å²) in [6, 6.07) is 27.3. The first-order valence-electron chi connectivity index (χ1n) is 23.3. The van der Waals surface area contributed by atoms with Crippen molar-refractivity contribution in [2.24, 2.45) is 11.8 Å². The predicted molar refractivity (Wildman–Crippen MR) is 295 cm³/mol. The third kappa shape index (κ3) is 8.21. The molecule has 2 unspecified atom stereocenters. The zero-order chi connectivity index (χ0) is 45.8. The zero-order valence-electron chi connectivity index (χ0n) is 37.6. The third-order valence-electron chi connectivity index (χ3n) is 13.8. The van der Waals surface area contributed by atoms with Crippen LogP contribution in [0.5, 0.6) is 0 Å². The fraction of sp³-hybridized carbons (Fsp3) is 0.308. The summed E-state index contributed by atoms with van der Waals surface area (Å²) in [4.78, 5) is 11.1. The number of hydrogen-bond donors (Lipinski definition) is 0. The molecule has 11 rings (SSSR count). The molecule has 0 spiro atoms. The molecule has 0 amide bonds. The lowest BCUT2D eigenvalue weighted by Gasteiger charge is -2.35. The Morgan fingerprint density at radius 1 is 0.493 bits per heavy atom. The second-order valence-electron chi connectivity index (χ2n) is 17.8. The van der Waals surface area contributed by atoms with Crippen LogP contribution >= 0.6 is 91.5 Å². The molecule has 342 valence electrons. The van der Waals surface area contributed by atoms with E-state index in [2.05, 4.69) is 87.0 Å². The van der Waals surface area contributed by atoms with Gasteiger partial charge in [-0.2, -0.15) is 17.5 Å². The number of benzene rings is 2. The van der Waals surface area contributed by atoms with E-state index < -0.39 is 8.07 Å². The highest BCUT2D eigenvalue weighted by Crippen LogP contribution is 2.52. The number of nitrogens with zero attached hydrogens (tertiary/aromatic N) is 4. The van der Waals surface area contributed by atoms with E-state index in [0.29, 0.717) is 34.0 Å². The molecule has 15 heteroatoms. The molecule has 1 aliphatic rings. The number of halogens is 2. The van der Waals surface area contributed by atoms with E-state index in [4.69, 9.17) is 17.5 Å². The lowest BCUT2D eigenvalue weighted by atomic mass is 10.0. The van der Waals surface area contributed by atoms with Crippen LogP contribution in [0.25, 0.3) is 93.1 Å². The molecule has 8 aromatic heterocycles. The van der Waals surface area contributed by atoms with Crippen LogP contribution in [0.2, 0.25) is 12.1 Å². The topological polar surface area (TPSA) is 51.6 Å². The number of hydrogen-bond acceptors (Lipinski definition) is 12. The van der Waals surface area contributed by atoms with E-state index in [1.807, 2.05) is 12.1 Å². The molecule has 0 aliphatic carbocycles. The molecule has 0 N–H and O–H groups in total. The zero-order valence-corrected chi connectivity index (χ0v) is 45.2. The number of thiophene rings is 6. The fourth-order valence-electron chi connectivity index (χ4n) is 10.3. The van der Waals surface area contributed by atoms with Crippen LogP contribution in [0.3, 0.4) is 0 Å². The maximum absolute atomic E-state index is 16.9. The molecule has 4 nitrogen and oxygen atoms in total. The normalized spacial score (nSPS) is 14.1. The number of aromatic nitrogens is 4. The van der Waals surface area contributed by atoms with Crippen molar-refractivity contribution < 1.29 is 8.78 Å². The average molecular weight is 1050 g/mol. The minimum atomic E-state index is -2.50. The molecule has 0 radical (unpaired) electrons. The highest BCUT2D eigenvalue weighted by atomic mass is 32.1. The molecule has 67 heavy (non-hydrogen) atoms. The maximum Gasteiger partial charge on any atom is 0.134 e. The average Bonchev–Trinajstić information content (AvgIpc) is 4.19. The van der Waals surface area contributed by atoms with E-state index in [1.165, 1.54) is 80.5 Å². The third-order valence-corrected chi connectivity index (χ3v) is 27.5. The van der Waals surface area contributed by atoms with Gasteiger partial charge in [-0.05, 0) is 106 Å². The van der Waals surface area contributed by atoms with Crippen molar-refractivity contribution in [2.75, 3.05) is 0 Å². The molecule has 0 fully saturated rings. The van der Waals surface area contributed by atoms with Gasteiger partial charge in [0.15, 0.2) is 0 Å². The lowest BCUT2D eigenvalue weighted by molar-refractivity contribution is 0.469. The minimum absolute atomic E-state index is 0.265. The van der Waals surface area contributed by atoms with Crippen LogP contribution in [0.1, 0.15) is 79.1 Å². The second-order valence-corrected chi connectivity index (χ2v) is 29.1. The molecule has 0 saturated carbocycles. The van der Waals surface area contributed by atoms with Crippen LogP contribution in [0.15, 0.2) is 83.6 Å². The highest BCUT2D eigenvalue weighted by molar-refractivity contribution is 7.32. The van der Waals surface area contributed by atoms with Gasteiger partial charge in [0.2, 0.25) is 0 Å².